The highest BCUT2D eigenvalue weighted by molar-refractivity contribution is 5.49. The molecule has 0 bridgehead atoms. The molecule has 186 valence electrons. The Balaban J connectivity index is 1.57. The monoisotopic (exact) mass is 457 g/mol. The van der Waals surface area contributed by atoms with E-state index in [0.717, 1.165) is 50.9 Å². The first kappa shape index (κ1) is 27.4. The SMILES string of the molecule is CC/C=C(\CCCCCCCN/C=C/c1ccc(CN(C)C2CC(C)OC(C)C2)cc1)NO. The van der Waals surface area contributed by atoms with Gasteiger partial charge >= 0.3 is 0 Å². The van der Waals surface area contributed by atoms with Crippen molar-refractivity contribution in [2.75, 3.05) is 13.6 Å². The molecule has 2 atom stereocenters. The van der Waals surface area contributed by atoms with Gasteiger partial charge in [-0.05, 0) is 82.8 Å². The number of rotatable bonds is 15. The molecule has 0 aromatic heterocycles. The first-order valence-corrected chi connectivity index (χ1v) is 13.0. The normalized spacial score (nSPS) is 21.6. The molecule has 1 fully saturated rings. The third-order valence-electron chi connectivity index (χ3n) is 6.46. The van der Waals surface area contributed by atoms with Crippen molar-refractivity contribution in [2.24, 2.45) is 0 Å². The third-order valence-corrected chi connectivity index (χ3v) is 6.46. The Kier molecular flexibility index (Phi) is 13.2. The molecule has 0 amide bonds. The van der Waals surface area contributed by atoms with E-state index in [1.54, 1.807) is 0 Å². The van der Waals surface area contributed by atoms with Crippen molar-refractivity contribution in [1.29, 1.82) is 0 Å². The standard InChI is InChI=1S/C28H47N3O2/c1-5-11-27(30-32)12-9-7-6-8-10-18-29-19-17-25-13-15-26(16-14-25)22-31(4)28-20-23(2)33-24(3)21-28/h11,13-17,19,23-24,28-30,32H,5-10,12,18,20-22H2,1-4H3/b19-17+,27-11+. The van der Waals surface area contributed by atoms with E-state index in [-0.39, 0.29) is 0 Å². The van der Waals surface area contributed by atoms with Crippen molar-refractivity contribution in [1.82, 2.24) is 15.7 Å². The lowest BCUT2D eigenvalue weighted by Gasteiger charge is -2.37. The largest absolute Gasteiger partial charge is 0.391 e. The Hall–Kier alpha value is -1.82. The van der Waals surface area contributed by atoms with E-state index in [0.29, 0.717) is 18.2 Å². The lowest BCUT2D eigenvalue weighted by molar-refractivity contribution is -0.0624. The zero-order valence-electron chi connectivity index (χ0n) is 21.4. The van der Waals surface area contributed by atoms with Gasteiger partial charge in [0.25, 0.3) is 0 Å². The van der Waals surface area contributed by atoms with Gasteiger partial charge in [0.15, 0.2) is 0 Å². The van der Waals surface area contributed by atoms with Gasteiger partial charge in [0.05, 0.1) is 12.2 Å². The fraction of sp³-hybridized carbons (Fsp3) is 0.643. The van der Waals surface area contributed by atoms with E-state index in [1.165, 1.54) is 36.8 Å². The highest BCUT2D eigenvalue weighted by Gasteiger charge is 2.27. The molecule has 0 spiro atoms. The summed E-state index contributed by atoms with van der Waals surface area (Å²) < 4.78 is 5.88. The molecule has 1 aromatic carbocycles. The maximum Gasteiger partial charge on any atom is 0.0565 e. The lowest BCUT2D eigenvalue weighted by atomic mass is 9.98. The number of hydroxylamine groups is 1. The fourth-order valence-corrected chi connectivity index (χ4v) is 4.64. The van der Waals surface area contributed by atoms with Crippen LogP contribution >= 0.6 is 0 Å². The minimum absolute atomic E-state index is 0.354. The molecule has 1 aliphatic rings. The number of hydrogen-bond acceptors (Lipinski definition) is 5. The Morgan fingerprint density at radius 2 is 1.73 bits per heavy atom. The van der Waals surface area contributed by atoms with E-state index < -0.39 is 0 Å². The highest BCUT2D eigenvalue weighted by atomic mass is 16.5. The summed E-state index contributed by atoms with van der Waals surface area (Å²) in [6, 6.07) is 9.50. The number of unbranched alkanes of at least 4 members (excludes halogenated alkanes) is 4. The predicted octanol–water partition coefficient (Wildman–Crippen LogP) is 6.25. The van der Waals surface area contributed by atoms with Crippen LogP contribution in [0.3, 0.4) is 0 Å². The molecule has 5 heteroatoms. The van der Waals surface area contributed by atoms with Crippen molar-refractivity contribution in [2.45, 2.75) is 103 Å². The molecule has 3 N–H and O–H groups in total. The number of allylic oxidation sites excluding steroid dienone is 2. The number of benzene rings is 1. The highest BCUT2D eigenvalue weighted by Crippen LogP contribution is 2.24. The molecule has 2 unspecified atom stereocenters. The average Bonchev–Trinajstić information content (AvgIpc) is 2.80. The summed E-state index contributed by atoms with van der Waals surface area (Å²) in [5.74, 6) is 0. The second kappa shape index (κ2) is 15.9. The molecule has 1 saturated heterocycles. The van der Waals surface area contributed by atoms with Gasteiger partial charge in [0, 0.05) is 24.8 Å². The first-order valence-electron chi connectivity index (χ1n) is 13.0. The van der Waals surface area contributed by atoms with Crippen molar-refractivity contribution in [3.8, 4) is 0 Å². The van der Waals surface area contributed by atoms with Crippen LogP contribution in [0.25, 0.3) is 6.08 Å². The third kappa shape index (κ3) is 11.2. The Bertz CT molecular complexity index is 692. The Morgan fingerprint density at radius 3 is 2.39 bits per heavy atom. The van der Waals surface area contributed by atoms with Crippen LogP contribution in [0.2, 0.25) is 0 Å². The quantitative estimate of drug-likeness (QED) is 0.215. The van der Waals surface area contributed by atoms with Crippen LogP contribution < -0.4 is 10.8 Å². The van der Waals surface area contributed by atoms with E-state index in [9.17, 15) is 0 Å². The molecular formula is C28H47N3O2. The number of hydrogen-bond donors (Lipinski definition) is 3. The average molecular weight is 458 g/mol. The number of nitrogens with one attached hydrogen (secondary N) is 2. The number of nitrogens with zero attached hydrogens (tertiary/aromatic N) is 1. The lowest BCUT2D eigenvalue weighted by Crippen LogP contribution is -2.42. The summed E-state index contributed by atoms with van der Waals surface area (Å²) in [6.07, 6.45) is 17.1. The molecule has 33 heavy (non-hydrogen) atoms. The maximum atomic E-state index is 9.04. The summed E-state index contributed by atoms with van der Waals surface area (Å²) in [4.78, 5) is 2.48. The van der Waals surface area contributed by atoms with Gasteiger partial charge in [-0.1, -0.05) is 56.5 Å². The summed E-state index contributed by atoms with van der Waals surface area (Å²) in [5.41, 5.74) is 5.85. The molecular weight excluding hydrogens is 410 g/mol. The molecule has 1 aliphatic heterocycles. The number of ether oxygens (including phenoxy) is 1. The molecule has 1 heterocycles. The van der Waals surface area contributed by atoms with Crippen LogP contribution in [0.5, 0.6) is 0 Å². The minimum atomic E-state index is 0.354. The maximum absolute atomic E-state index is 9.04. The summed E-state index contributed by atoms with van der Waals surface area (Å²) in [5, 5.41) is 12.5. The van der Waals surface area contributed by atoms with Gasteiger partial charge in [0.1, 0.15) is 0 Å². The van der Waals surface area contributed by atoms with Crippen molar-refractivity contribution in [3.63, 3.8) is 0 Å². The Labute approximate surface area is 202 Å². The van der Waals surface area contributed by atoms with Gasteiger partial charge in [-0.2, -0.15) is 0 Å². The summed E-state index contributed by atoms with van der Waals surface area (Å²) >= 11 is 0. The van der Waals surface area contributed by atoms with E-state index >= 15 is 0 Å². The van der Waals surface area contributed by atoms with Crippen molar-refractivity contribution >= 4 is 6.08 Å². The minimum Gasteiger partial charge on any atom is -0.391 e. The van der Waals surface area contributed by atoms with Gasteiger partial charge in [-0.25, -0.2) is 0 Å². The van der Waals surface area contributed by atoms with E-state index in [1.807, 2.05) is 0 Å². The van der Waals surface area contributed by atoms with E-state index in [4.69, 9.17) is 9.94 Å². The predicted molar refractivity (Wildman–Crippen MR) is 139 cm³/mol. The second-order valence-corrected chi connectivity index (χ2v) is 9.59. The van der Waals surface area contributed by atoms with Gasteiger partial charge in [-0.3, -0.25) is 15.6 Å². The molecule has 1 aromatic rings. The van der Waals surface area contributed by atoms with Crippen molar-refractivity contribution in [3.05, 3.63) is 53.4 Å². The zero-order chi connectivity index (χ0) is 23.9. The smallest absolute Gasteiger partial charge is 0.0565 e. The molecule has 0 aliphatic carbocycles. The fourth-order valence-electron chi connectivity index (χ4n) is 4.64. The molecule has 5 nitrogen and oxygen atoms in total. The van der Waals surface area contributed by atoms with Crippen LogP contribution in [0.4, 0.5) is 0 Å². The molecule has 2 rings (SSSR count). The van der Waals surface area contributed by atoms with Crippen LogP contribution in [-0.4, -0.2) is 41.9 Å². The van der Waals surface area contributed by atoms with E-state index in [2.05, 4.69) is 86.1 Å². The first-order chi connectivity index (χ1) is 16.0. The zero-order valence-corrected chi connectivity index (χ0v) is 21.4. The van der Waals surface area contributed by atoms with Gasteiger partial charge in [-0.15, -0.1) is 0 Å². The van der Waals surface area contributed by atoms with Crippen molar-refractivity contribution < 1.29 is 9.94 Å². The molecule has 0 radical (unpaired) electrons. The van der Waals surface area contributed by atoms with Gasteiger partial charge < -0.3 is 10.1 Å². The second-order valence-electron chi connectivity index (χ2n) is 9.59. The topological polar surface area (TPSA) is 56.8 Å². The summed E-state index contributed by atoms with van der Waals surface area (Å²) in [6.45, 7) is 8.46. The van der Waals surface area contributed by atoms with Crippen LogP contribution in [0.1, 0.15) is 89.7 Å². The van der Waals surface area contributed by atoms with Gasteiger partial charge in [0.2, 0.25) is 0 Å². The molecule has 0 saturated carbocycles. The van der Waals surface area contributed by atoms with Crippen LogP contribution in [-0.2, 0) is 11.3 Å². The summed E-state index contributed by atoms with van der Waals surface area (Å²) in [7, 11) is 2.24. The van der Waals surface area contributed by atoms with Crippen LogP contribution in [0.15, 0.2) is 42.2 Å². The Morgan fingerprint density at radius 1 is 1.06 bits per heavy atom. The van der Waals surface area contributed by atoms with Crippen LogP contribution in [0, 0.1) is 0 Å².